The molecule has 0 aromatic heterocycles. The Bertz CT molecular complexity index is 521. The Morgan fingerprint density at radius 1 is 1.42 bits per heavy atom. The molecule has 19 heavy (non-hydrogen) atoms. The van der Waals surface area contributed by atoms with E-state index in [0.717, 1.165) is 19.3 Å². The summed E-state index contributed by atoms with van der Waals surface area (Å²) in [6, 6.07) is 4.75. The van der Waals surface area contributed by atoms with Crippen LogP contribution in [0.25, 0.3) is 0 Å². The second kappa shape index (κ2) is 5.01. The molecule has 102 valence electrons. The van der Waals surface area contributed by atoms with Crippen LogP contribution in [0.2, 0.25) is 0 Å². The number of aryl methyl sites for hydroxylation is 1. The van der Waals surface area contributed by atoms with Gasteiger partial charge in [0.1, 0.15) is 0 Å². The number of hydrogen-bond acceptors (Lipinski definition) is 3. The number of amides is 1. The fourth-order valence-electron chi connectivity index (χ4n) is 2.31. The molecule has 0 unspecified atom stereocenters. The Hall–Kier alpha value is -1.88. The van der Waals surface area contributed by atoms with Gasteiger partial charge in [0.25, 0.3) is 0 Å². The van der Waals surface area contributed by atoms with Crippen LogP contribution in [-0.4, -0.2) is 22.5 Å². The van der Waals surface area contributed by atoms with E-state index in [1.54, 1.807) is 19.1 Å². The van der Waals surface area contributed by atoms with Gasteiger partial charge in [0, 0.05) is 17.6 Å². The maximum Gasteiger partial charge on any atom is 0.335 e. The summed E-state index contributed by atoms with van der Waals surface area (Å²) in [6.07, 6.45) is 3.16. The van der Waals surface area contributed by atoms with Gasteiger partial charge in [-0.15, -0.1) is 0 Å². The minimum Gasteiger partial charge on any atom is -0.478 e. The SMILES string of the molecule is Cc1cc(NC(=O)CC2(N)CCC2)ccc1C(=O)O. The lowest BCUT2D eigenvalue weighted by Crippen LogP contribution is -2.48. The van der Waals surface area contributed by atoms with E-state index in [-0.39, 0.29) is 17.0 Å². The fraction of sp³-hybridized carbons (Fsp3) is 0.429. The van der Waals surface area contributed by atoms with Gasteiger partial charge in [0.15, 0.2) is 0 Å². The molecule has 0 saturated heterocycles. The van der Waals surface area contributed by atoms with Crippen molar-refractivity contribution in [1.29, 1.82) is 0 Å². The van der Waals surface area contributed by atoms with Crippen LogP contribution in [0, 0.1) is 6.92 Å². The molecule has 0 aliphatic heterocycles. The summed E-state index contributed by atoms with van der Waals surface area (Å²) < 4.78 is 0. The van der Waals surface area contributed by atoms with Crippen LogP contribution in [0.3, 0.4) is 0 Å². The lowest BCUT2D eigenvalue weighted by molar-refractivity contribution is -0.118. The molecular weight excluding hydrogens is 244 g/mol. The number of carboxylic acid groups (broad SMARTS) is 1. The van der Waals surface area contributed by atoms with E-state index in [1.165, 1.54) is 6.07 Å². The predicted molar refractivity (Wildman–Crippen MR) is 72.2 cm³/mol. The van der Waals surface area contributed by atoms with E-state index in [1.807, 2.05) is 0 Å². The summed E-state index contributed by atoms with van der Waals surface area (Å²) in [4.78, 5) is 22.7. The van der Waals surface area contributed by atoms with E-state index in [2.05, 4.69) is 5.32 Å². The van der Waals surface area contributed by atoms with Crippen molar-refractivity contribution in [2.45, 2.75) is 38.1 Å². The number of carbonyl (C=O) groups is 2. The fourth-order valence-corrected chi connectivity index (χ4v) is 2.31. The minimum absolute atomic E-state index is 0.121. The van der Waals surface area contributed by atoms with Gasteiger partial charge in [0.05, 0.1) is 5.56 Å². The smallest absolute Gasteiger partial charge is 0.335 e. The van der Waals surface area contributed by atoms with Crippen molar-refractivity contribution in [3.8, 4) is 0 Å². The Balaban J connectivity index is 2.01. The highest BCUT2D eigenvalue weighted by molar-refractivity contribution is 5.94. The monoisotopic (exact) mass is 262 g/mol. The zero-order valence-corrected chi connectivity index (χ0v) is 10.9. The van der Waals surface area contributed by atoms with Crippen molar-refractivity contribution in [2.24, 2.45) is 5.73 Å². The molecule has 0 radical (unpaired) electrons. The lowest BCUT2D eigenvalue weighted by Gasteiger charge is -2.37. The zero-order chi connectivity index (χ0) is 14.0. The topological polar surface area (TPSA) is 92.4 Å². The molecule has 1 saturated carbocycles. The zero-order valence-electron chi connectivity index (χ0n) is 10.9. The summed E-state index contributed by atoms with van der Waals surface area (Å²) >= 11 is 0. The third-order valence-electron chi connectivity index (χ3n) is 3.60. The molecular formula is C14H18N2O3. The standard InChI is InChI=1S/C14H18N2O3/c1-9-7-10(3-4-11(9)13(18)19)16-12(17)8-14(15)5-2-6-14/h3-4,7H,2,5-6,8,15H2,1H3,(H,16,17)(H,18,19). The molecule has 0 heterocycles. The highest BCUT2D eigenvalue weighted by Crippen LogP contribution is 2.32. The average Bonchev–Trinajstić information content (AvgIpc) is 2.26. The van der Waals surface area contributed by atoms with Crippen LogP contribution in [0.1, 0.15) is 41.6 Å². The molecule has 0 bridgehead atoms. The van der Waals surface area contributed by atoms with Crippen LogP contribution in [0.15, 0.2) is 18.2 Å². The number of benzene rings is 1. The first-order chi connectivity index (χ1) is 8.89. The number of aromatic carboxylic acids is 1. The first kappa shape index (κ1) is 13.5. The first-order valence-electron chi connectivity index (χ1n) is 6.32. The van der Waals surface area contributed by atoms with E-state index in [4.69, 9.17) is 10.8 Å². The van der Waals surface area contributed by atoms with Gasteiger partial charge < -0.3 is 16.2 Å². The first-order valence-corrected chi connectivity index (χ1v) is 6.32. The third kappa shape index (κ3) is 3.12. The van der Waals surface area contributed by atoms with Crippen molar-refractivity contribution in [3.05, 3.63) is 29.3 Å². The molecule has 2 rings (SSSR count). The number of hydrogen-bond donors (Lipinski definition) is 3. The highest BCUT2D eigenvalue weighted by Gasteiger charge is 2.34. The van der Waals surface area contributed by atoms with Crippen LogP contribution >= 0.6 is 0 Å². The maximum absolute atomic E-state index is 11.8. The molecule has 5 heteroatoms. The van der Waals surface area contributed by atoms with Gasteiger partial charge in [0.2, 0.25) is 5.91 Å². The normalized spacial score (nSPS) is 16.5. The van der Waals surface area contributed by atoms with Crippen molar-refractivity contribution in [3.63, 3.8) is 0 Å². The number of anilines is 1. The van der Waals surface area contributed by atoms with E-state index < -0.39 is 5.97 Å². The largest absolute Gasteiger partial charge is 0.478 e. The Morgan fingerprint density at radius 3 is 2.58 bits per heavy atom. The summed E-state index contributed by atoms with van der Waals surface area (Å²) in [7, 11) is 0. The number of nitrogens with two attached hydrogens (primary N) is 1. The van der Waals surface area contributed by atoms with Crippen LogP contribution in [0.4, 0.5) is 5.69 Å². The molecule has 1 amide bonds. The van der Waals surface area contributed by atoms with E-state index in [9.17, 15) is 9.59 Å². The van der Waals surface area contributed by atoms with Crippen LogP contribution in [0.5, 0.6) is 0 Å². The van der Waals surface area contributed by atoms with Gasteiger partial charge in [-0.3, -0.25) is 4.79 Å². The van der Waals surface area contributed by atoms with Gasteiger partial charge >= 0.3 is 5.97 Å². The van der Waals surface area contributed by atoms with Gasteiger partial charge in [-0.1, -0.05) is 0 Å². The van der Waals surface area contributed by atoms with Crippen molar-refractivity contribution >= 4 is 17.6 Å². The molecule has 5 nitrogen and oxygen atoms in total. The van der Waals surface area contributed by atoms with Gasteiger partial charge in [-0.2, -0.15) is 0 Å². The summed E-state index contributed by atoms with van der Waals surface area (Å²) in [5.74, 6) is -1.09. The summed E-state index contributed by atoms with van der Waals surface area (Å²) in [6.45, 7) is 1.70. The second-order valence-electron chi connectivity index (χ2n) is 5.28. The Morgan fingerprint density at radius 2 is 2.11 bits per heavy atom. The molecule has 1 fully saturated rings. The number of carboxylic acids is 1. The molecule has 0 atom stereocenters. The molecule has 0 spiro atoms. The maximum atomic E-state index is 11.8. The van der Waals surface area contributed by atoms with E-state index in [0.29, 0.717) is 17.7 Å². The number of rotatable bonds is 4. The Labute approximate surface area is 111 Å². The third-order valence-corrected chi connectivity index (χ3v) is 3.60. The number of carbonyl (C=O) groups excluding carboxylic acids is 1. The molecule has 4 N–H and O–H groups in total. The van der Waals surface area contributed by atoms with Gasteiger partial charge in [-0.05, 0) is 49.9 Å². The van der Waals surface area contributed by atoms with Crippen LogP contribution < -0.4 is 11.1 Å². The van der Waals surface area contributed by atoms with E-state index >= 15 is 0 Å². The summed E-state index contributed by atoms with van der Waals surface area (Å²) in [5.41, 5.74) is 7.14. The molecule has 1 aliphatic rings. The molecule has 1 aromatic rings. The molecule has 1 aliphatic carbocycles. The van der Waals surface area contributed by atoms with Crippen molar-refractivity contribution < 1.29 is 14.7 Å². The molecule has 1 aromatic carbocycles. The average molecular weight is 262 g/mol. The quantitative estimate of drug-likeness (QED) is 0.772. The lowest BCUT2D eigenvalue weighted by atomic mass is 9.75. The minimum atomic E-state index is -0.967. The Kier molecular flexibility index (Phi) is 3.57. The van der Waals surface area contributed by atoms with Gasteiger partial charge in [-0.25, -0.2) is 4.79 Å². The highest BCUT2D eigenvalue weighted by atomic mass is 16.4. The van der Waals surface area contributed by atoms with Crippen molar-refractivity contribution in [1.82, 2.24) is 0 Å². The summed E-state index contributed by atoms with van der Waals surface area (Å²) in [5, 5.41) is 11.7. The van der Waals surface area contributed by atoms with Crippen molar-refractivity contribution in [2.75, 3.05) is 5.32 Å². The second-order valence-corrected chi connectivity index (χ2v) is 5.28. The predicted octanol–water partition coefficient (Wildman–Crippen LogP) is 1.90. The number of nitrogens with one attached hydrogen (secondary N) is 1. The van der Waals surface area contributed by atoms with Crippen LogP contribution in [-0.2, 0) is 4.79 Å².